The minimum atomic E-state index is -0.287. The number of carbonyl (C=O) groups is 1. The summed E-state index contributed by atoms with van der Waals surface area (Å²) in [6, 6.07) is 1.79. The van der Waals surface area contributed by atoms with E-state index >= 15 is 0 Å². The van der Waals surface area contributed by atoms with Gasteiger partial charge in [-0.3, -0.25) is 9.78 Å². The summed E-state index contributed by atoms with van der Waals surface area (Å²) >= 11 is 1.49. The lowest BCUT2D eigenvalue weighted by Crippen LogP contribution is -2.05. The first kappa shape index (κ1) is 9.85. The normalized spacial score (nSPS) is 10.2. The molecule has 0 aliphatic carbocycles. The summed E-state index contributed by atoms with van der Waals surface area (Å²) in [5.74, 6) is -0.287. The van der Waals surface area contributed by atoms with Crippen molar-refractivity contribution in [2.75, 3.05) is 7.11 Å². The number of thiazole rings is 1. The molecule has 0 saturated heterocycles. The Kier molecular flexibility index (Phi) is 2.77. The van der Waals surface area contributed by atoms with Gasteiger partial charge in [-0.2, -0.15) is 5.10 Å². The molecule has 78 valence electrons. The molecule has 2 heterocycles. The smallest absolute Gasteiger partial charge is 0.311 e. The first-order valence-electron chi connectivity index (χ1n) is 4.30. The third kappa shape index (κ3) is 2.21. The van der Waals surface area contributed by atoms with Crippen LogP contribution in [0.5, 0.6) is 0 Å². The lowest BCUT2D eigenvalue weighted by molar-refractivity contribution is -0.139. The Hall–Kier alpha value is -1.69. The van der Waals surface area contributed by atoms with Gasteiger partial charge >= 0.3 is 5.97 Å². The van der Waals surface area contributed by atoms with E-state index in [-0.39, 0.29) is 12.4 Å². The van der Waals surface area contributed by atoms with Crippen molar-refractivity contribution in [2.24, 2.45) is 0 Å². The van der Waals surface area contributed by atoms with Crippen molar-refractivity contribution in [2.45, 2.75) is 6.42 Å². The van der Waals surface area contributed by atoms with Crippen LogP contribution >= 0.6 is 11.3 Å². The summed E-state index contributed by atoms with van der Waals surface area (Å²) in [5, 5.41) is 5.15. The number of rotatable bonds is 3. The molecule has 0 spiro atoms. The van der Waals surface area contributed by atoms with Gasteiger partial charge < -0.3 is 4.74 Å². The van der Waals surface area contributed by atoms with Gasteiger partial charge in [0.05, 0.1) is 30.9 Å². The van der Waals surface area contributed by atoms with Crippen LogP contribution in [0.4, 0.5) is 0 Å². The number of nitrogens with zero attached hydrogens (tertiary/aromatic N) is 3. The zero-order valence-corrected chi connectivity index (χ0v) is 8.90. The Morgan fingerprint density at radius 3 is 3.20 bits per heavy atom. The number of ether oxygens (including phenoxy) is 1. The second-order valence-electron chi connectivity index (χ2n) is 2.84. The molecule has 0 radical (unpaired) electrons. The van der Waals surface area contributed by atoms with Crippen molar-refractivity contribution < 1.29 is 9.53 Å². The van der Waals surface area contributed by atoms with Gasteiger partial charge in [-0.15, -0.1) is 11.3 Å². The van der Waals surface area contributed by atoms with Crippen LogP contribution in [0.3, 0.4) is 0 Å². The third-order valence-electron chi connectivity index (χ3n) is 1.84. The minimum absolute atomic E-state index is 0.197. The van der Waals surface area contributed by atoms with E-state index in [2.05, 4.69) is 14.8 Å². The van der Waals surface area contributed by atoms with Crippen LogP contribution in [0, 0.1) is 0 Å². The zero-order valence-electron chi connectivity index (χ0n) is 8.08. The molecule has 15 heavy (non-hydrogen) atoms. The summed E-state index contributed by atoms with van der Waals surface area (Å²) in [6.45, 7) is 0. The van der Waals surface area contributed by atoms with Crippen LogP contribution in [0.1, 0.15) is 5.69 Å². The number of methoxy groups -OCH3 is 1. The molecule has 0 amide bonds. The van der Waals surface area contributed by atoms with Crippen molar-refractivity contribution in [3.05, 3.63) is 29.7 Å². The van der Waals surface area contributed by atoms with Gasteiger partial charge in [-0.05, 0) is 6.07 Å². The molecular formula is C9H9N3O2S. The number of esters is 1. The Labute approximate surface area is 90.3 Å². The number of hydrogen-bond acceptors (Lipinski definition) is 5. The Bertz CT molecular complexity index is 450. The summed E-state index contributed by atoms with van der Waals surface area (Å²) in [7, 11) is 1.36. The van der Waals surface area contributed by atoms with E-state index in [9.17, 15) is 4.79 Å². The standard InChI is InChI=1S/C9H9N3O2S/c1-14-9(13)4-7-2-3-12(11-7)8-5-10-6-15-8/h2-3,5-6H,4H2,1H3. The zero-order chi connectivity index (χ0) is 10.7. The predicted molar refractivity (Wildman–Crippen MR) is 55.0 cm³/mol. The third-order valence-corrected chi connectivity index (χ3v) is 2.60. The molecule has 5 nitrogen and oxygen atoms in total. The first-order chi connectivity index (χ1) is 7.29. The maximum absolute atomic E-state index is 11.0. The van der Waals surface area contributed by atoms with Crippen molar-refractivity contribution in [1.82, 2.24) is 14.8 Å². The molecular weight excluding hydrogens is 214 g/mol. The van der Waals surface area contributed by atoms with E-state index in [1.807, 2.05) is 0 Å². The van der Waals surface area contributed by atoms with Gasteiger partial charge in [0.25, 0.3) is 0 Å². The SMILES string of the molecule is COC(=O)Cc1ccn(-c2cncs2)n1. The molecule has 0 bridgehead atoms. The van der Waals surface area contributed by atoms with E-state index in [1.54, 1.807) is 28.7 Å². The van der Waals surface area contributed by atoms with E-state index in [0.29, 0.717) is 5.69 Å². The molecule has 2 aromatic heterocycles. The molecule has 0 atom stereocenters. The van der Waals surface area contributed by atoms with Crippen LogP contribution < -0.4 is 0 Å². The summed E-state index contributed by atoms with van der Waals surface area (Å²) in [6.07, 6.45) is 3.72. The van der Waals surface area contributed by atoms with Crippen LogP contribution in [-0.4, -0.2) is 27.8 Å². The highest BCUT2D eigenvalue weighted by Crippen LogP contribution is 2.12. The molecule has 2 aromatic rings. The Morgan fingerprint density at radius 2 is 2.53 bits per heavy atom. The van der Waals surface area contributed by atoms with E-state index in [1.165, 1.54) is 18.4 Å². The van der Waals surface area contributed by atoms with E-state index in [4.69, 9.17) is 0 Å². The van der Waals surface area contributed by atoms with E-state index in [0.717, 1.165) is 5.00 Å². The van der Waals surface area contributed by atoms with Gasteiger partial charge in [-0.25, -0.2) is 4.68 Å². The molecule has 0 fully saturated rings. The highest BCUT2D eigenvalue weighted by molar-refractivity contribution is 7.12. The van der Waals surface area contributed by atoms with Crippen molar-refractivity contribution >= 4 is 17.3 Å². The molecule has 0 aliphatic rings. The summed E-state index contributed by atoms with van der Waals surface area (Å²) in [5.41, 5.74) is 2.42. The lowest BCUT2D eigenvalue weighted by atomic mass is 10.3. The van der Waals surface area contributed by atoms with Gasteiger partial charge in [0.1, 0.15) is 5.00 Å². The molecule has 0 unspecified atom stereocenters. The molecule has 0 aliphatic heterocycles. The highest BCUT2D eigenvalue weighted by Gasteiger charge is 2.07. The monoisotopic (exact) mass is 223 g/mol. The lowest BCUT2D eigenvalue weighted by Gasteiger charge is -1.95. The summed E-state index contributed by atoms with van der Waals surface area (Å²) in [4.78, 5) is 14.9. The average molecular weight is 223 g/mol. The van der Waals surface area contributed by atoms with Crippen molar-refractivity contribution in [3.63, 3.8) is 0 Å². The van der Waals surface area contributed by atoms with Gasteiger partial charge in [0.2, 0.25) is 0 Å². The largest absolute Gasteiger partial charge is 0.469 e. The van der Waals surface area contributed by atoms with Gasteiger partial charge in [0.15, 0.2) is 0 Å². The quantitative estimate of drug-likeness (QED) is 0.730. The fourth-order valence-corrected chi connectivity index (χ4v) is 1.68. The van der Waals surface area contributed by atoms with Crippen LogP contribution in [0.25, 0.3) is 5.00 Å². The first-order valence-corrected chi connectivity index (χ1v) is 5.18. The fraction of sp³-hybridized carbons (Fsp3) is 0.222. The topological polar surface area (TPSA) is 57.0 Å². The number of hydrogen-bond donors (Lipinski definition) is 0. The second kappa shape index (κ2) is 4.22. The second-order valence-corrected chi connectivity index (χ2v) is 3.71. The Balaban J connectivity index is 2.14. The predicted octanol–water partition coefficient (Wildman–Crippen LogP) is 1.04. The van der Waals surface area contributed by atoms with Crippen molar-refractivity contribution in [3.8, 4) is 5.00 Å². The van der Waals surface area contributed by atoms with Crippen LogP contribution in [0.2, 0.25) is 0 Å². The average Bonchev–Trinajstić information content (AvgIpc) is 2.85. The fourth-order valence-electron chi connectivity index (χ4n) is 1.12. The number of carbonyl (C=O) groups excluding carboxylic acids is 1. The molecule has 0 N–H and O–H groups in total. The summed E-state index contributed by atoms with van der Waals surface area (Å²) < 4.78 is 6.25. The number of aromatic nitrogens is 3. The Morgan fingerprint density at radius 1 is 1.67 bits per heavy atom. The van der Waals surface area contributed by atoms with Gasteiger partial charge in [-0.1, -0.05) is 0 Å². The maximum Gasteiger partial charge on any atom is 0.311 e. The van der Waals surface area contributed by atoms with E-state index < -0.39 is 0 Å². The van der Waals surface area contributed by atoms with Crippen LogP contribution in [-0.2, 0) is 16.0 Å². The molecule has 0 aromatic carbocycles. The van der Waals surface area contributed by atoms with Gasteiger partial charge in [0, 0.05) is 6.20 Å². The molecule has 2 rings (SSSR count). The van der Waals surface area contributed by atoms with Crippen molar-refractivity contribution in [1.29, 1.82) is 0 Å². The maximum atomic E-state index is 11.0. The molecule has 6 heteroatoms. The minimum Gasteiger partial charge on any atom is -0.469 e. The highest BCUT2D eigenvalue weighted by atomic mass is 32.1. The molecule has 0 saturated carbocycles. The van der Waals surface area contributed by atoms with Crippen LogP contribution in [0.15, 0.2) is 24.0 Å².